The normalized spacial score (nSPS) is 13.7. The summed E-state index contributed by atoms with van der Waals surface area (Å²) < 4.78 is 42.2. The molecule has 1 aliphatic rings. The van der Waals surface area contributed by atoms with Crippen LogP contribution in [0.25, 0.3) is 10.8 Å². The second-order valence-corrected chi connectivity index (χ2v) is 10.6. The number of nitrogen functional groups attached to an aromatic ring is 1. The molecule has 1 heterocycles. The topological polar surface area (TPSA) is 140 Å². The predicted molar refractivity (Wildman–Crippen MR) is 153 cm³/mol. The van der Waals surface area contributed by atoms with Gasteiger partial charge in [-0.3, -0.25) is 14.5 Å². The number of anilines is 2. The third-order valence-corrected chi connectivity index (χ3v) is 7.71. The number of hydrogen-bond donors (Lipinski definition) is 4. The first-order chi connectivity index (χ1) is 17.1. The third-order valence-electron chi connectivity index (χ3n) is 6.08. The Bertz CT molecular complexity index is 1420. The molecule has 1 fully saturated rings. The predicted octanol–water partition coefficient (Wildman–Crippen LogP) is 3.33. The molecule has 0 radical (unpaired) electrons. The van der Waals surface area contributed by atoms with E-state index < -0.39 is 27.6 Å². The number of sulfonamides is 1. The summed E-state index contributed by atoms with van der Waals surface area (Å²) in [6.45, 7) is 2.66. The van der Waals surface area contributed by atoms with Gasteiger partial charge in [-0.05, 0) is 53.6 Å². The average Bonchev–Trinajstić information content (AvgIpc) is 3.10. The molecule has 38 heavy (non-hydrogen) atoms. The monoisotopic (exact) mass is 585 g/mol. The van der Waals surface area contributed by atoms with E-state index in [9.17, 15) is 18.3 Å². The van der Waals surface area contributed by atoms with Gasteiger partial charge >= 0.3 is 5.97 Å². The van der Waals surface area contributed by atoms with Gasteiger partial charge in [-0.2, -0.15) is 0 Å². The summed E-state index contributed by atoms with van der Waals surface area (Å²) in [5, 5.41) is 21.7. The van der Waals surface area contributed by atoms with Crippen LogP contribution >= 0.6 is 24.8 Å². The highest BCUT2D eigenvalue weighted by Crippen LogP contribution is 2.29. The molecule has 0 atom stereocenters. The zero-order chi connectivity index (χ0) is 25.9. The molecule has 9 nitrogen and oxygen atoms in total. The Balaban J connectivity index is 0.00000253. The third kappa shape index (κ3) is 7.25. The van der Waals surface area contributed by atoms with Gasteiger partial charge < -0.3 is 21.1 Å². The van der Waals surface area contributed by atoms with E-state index in [1.165, 1.54) is 6.07 Å². The zero-order valence-electron chi connectivity index (χ0n) is 20.4. The summed E-state index contributed by atoms with van der Waals surface area (Å²) in [6, 6.07) is 14.7. The first kappa shape index (κ1) is 31.1. The van der Waals surface area contributed by atoms with Gasteiger partial charge in [0.1, 0.15) is 11.7 Å². The molecule has 0 unspecified atom stereocenters. The molecule has 1 aliphatic heterocycles. The lowest BCUT2D eigenvalue weighted by Crippen LogP contribution is -2.35. The second-order valence-electron chi connectivity index (χ2n) is 8.69. The first-order valence-corrected chi connectivity index (χ1v) is 13.1. The first-order valence-electron chi connectivity index (χ1n) is 11.5. The van der Waals surface area contributed by atoms with Crippen LogP contribution in [-0.4, -0.2) is 57.3 Å². The standard InChI is InChI=1S/C25H28FN5O4S.2ClH/c26-22-14-21(6-7-23(22)30-10-1-8-29-9-11-30)31(36(34,35)16-24(32)33)15-17-2-3-18-4-5-19(25(27)28)13-20(18)12-17;;/h2-7,12-14,29H,1,8-11,15-16H2,(H3,27,28)(H,32,33);2*1H. The molecule has 0 saturated carbocycles. The van der Waals surface area contributed by atoms with Crippen LogP contribution in [0.15, 0.2) is 54.6 Å². The maximum Gasteiger partial charge on any atom is 0.320 e. The van der Waals surface area contributed by atoms with Crippen molar-refractivity contribution in [3.05, 3.63) is 71.5 Å². The largest absolute Gasteiger partial charge is 0.480 e. The molecule has 5 N–H and O–H groups in total. The maximum atomic E-state index is 15.2. The van der Waals surface area contributed by atoms with Crippen LogP contribution in [0, 0.1) is 11.2 Å². The molecule has 0 amide bonds. The van der Waals surface area contributed by atoms with Gasteiger partial charge in [-0.25, -0.2) is 12.8 Å². The lowest BCUT2D eigenvalue weighted by atomic mass is 10.0. The van der Waals surface area contributed by atoms with E-state index in [0.29, 0.717) is 36.4 Å². The Hall–Kier alpha value is -3.12. The van der Waals surface area contributed by atoms with Gasteiger partial charge in [-0.15, -0.1) is 24.8 Å². The number of carboxylic acid groups (broad SMARTS) is 1. The van der Waals surface area contributed by atoms with E-state index in [4.69, 9.17) is 11.1 Å². The Morgan fingerprint density at radius 1 is 1.05 bits per heavy atom. The lowest BCUT2D eigenvalue weighted by molar-refractivity contribution is -0.134. The smallest absolute Gasteiger partial charge is 0.320 e. The number of rotatable bonds is 8. The van der Waals surface area contributed by atoms with Crippen LogP contribution in [0.3, 0.4) is 0 Å². The summed E-state index contributed by atoms with van der Waals surface area (Å²) in [5.74, 6) is -3.30. The number of carbonyl (C=O) groups is 1. The number of fused-ring (bicyclic) bond motifs is 1. The van der Waals surface area contributed by atoms with E-state index in [0.717, 1.165) is 34.1 Å². The summed E-state index contributed by atoms with van der Waals surface area (Å²) in [4.78, 5) is 13.2. The van der Waals surface area contributed by atoms with Crippen molar-refractivity contribution in [3.8, 4) is 0 Å². The molecule has 13 heteroatoms. The maximum absolute atomic E-state index is 15.2. The zero-order valence-corrected chi connectivity index (χ0v) is 22.8. The Morgan fingerprint density at radius 2 is 1.79 bits per heavy atom. The fraction of sp³-hybridized carbons (Fsp3) is 0.280. The highest BCUT2D eigenvalue weighted by Gasteiger charge is 2.27. The number of benzene rings is 3. The van der Waals surface area contributed by atoms with Gasteiger partial charge in [0.2, 0.25) is 10.0 Å². The van der Waals surface area contributed by atoms with Crippen LogP contribution in [0.5, 0.6) is 0 Å². The molecule has 206 valence electrons. The van der Waals surface area contributed by atoms with E-state index in [-0.39, 0.29) is 42.9 Å². The molecular weight excluding hydrogens is 556 g/mol. The Kier molecular flexibility index (Phi) is 10.7. The van der Waals surface area contributed by atoms with E-state index >= 15 is 4.39 Å². The summed E-state index contributed by atoms with van der Waals surface area (Å²) in [5.41, 5.74) is 7.10. The number of nitrogens with one attached hydrogen (secondary N) is 2. The molecule has 0 bridgehead atoms. The van der Waals surface area contributed by atoms with Crippen LogP contribution in [0.1, 0.15) is 17.5 Å². The molecule has 0 aromatic heterocycles. The highest BCUT2D eigenvalue weighted by molar-refractivity contribution is 7.93. The van der Waals surface area contributed by atoms with Gasteiger partial charge in [-0.1, -0.05) is 24.3 Å². The molecule has 4 rings (SSSR count). The van der Waals surface area contributed by atoms with Crippen molar-refractivity contribution < 1.29 is 22.7 Å². The van der Waals surface area contributed by atoms with Gasteiger partial charge in [0.15, 0.2) is 5.75 Å². The number of nitrogens with two attached hydrogens (primary N) is 1. The number of nitrogens with zero attached hydrogens (tertiary/aromatic N) is 2. The van der Waals surface area contributed by atoms with Crippen LogP contribution < -0.4 is 20.3 Å². The van der Waals surface area contributed by atoms with Gasteiger partial charge in [0.25, 0.3) is 0 Å². The number of halogens is 3. The SMILES string of the molecule is Cl.Cl.N=C(N)c1ccc2ccc(CN(c3ccc(N4CCCNCC4)c(F)c3)S(=O)(=O)CC(=O)O)cc2c1. The van der Waals surface area contributed by atoms with Gasteiger partial charge in [0, 0.05) is 31.3 Å². The van der Waals surface area contributed by atoms with E-state index in [1.54, 1.807) is 42.5 Å². The van der Waals surface area contributed by atoms with Crippen molar-refractivity contribution in [2.45, 2.75) is 13.0 Å². The summed E-state index contributed by atoms with van der Waals surface area (Å²) in [7, 11) is -4.32. The minimum atomic E-state index is -4.32. The number of aliphatic carboxylic acids is 1. The van der Waals surface area contributed by atoms with Crippen molar-refractivity contribution >= 4 is 68.8 Å². The van der Waals surface area contributed by atoms with Crippen LogP contribution in [-0.2, 0) is 21.4 Å². The summed E-state index contributed by atoms with van der Waals surface area (Å²) in [6.07, 6.45) is 0.855. The second kappa shape index (κ2) is 13.1. The van der Waals surface area contributed by atoms with E-state index in [2.05, 4.69) is 5.32 Å². The minimum Gasteiger partial charge on any atom is -0.480 e. The average molecular weight is 587 g/mol. The number of carboxylic acids is 1. The van der Waals surface area contributed by atoms with Crippen molar-refractivity contribution in [1.82, 2.24) is 5.32 Å². The van der Waals surface area contributed by atoms with Crippen molar-refractivity contribution in [2.24, 2.45) is 5.73 Å². The molecule has 0 spiro atoms. The molecule has 1 saturated heterocycles. The molecule has 3 aromatic carbocycles. The van der Waals surface area contributed by atoms with Crippen molar-refractivity contribution in [1.29, 1.82) is 5.41 Å². The Labute approximate surface area is 233 Å². The molecule has 0 aliphatic carbocycles. The minimum absolute atomic E-state index is 0. The number of hydrogen-bond acceptors (Lipinski definition) is 6. The Morgan fingerprint density at radius 3 is 2.47 bits per heavy atom. The fourth-order valence-electron chi connectivity index (χ4n) is 4.31. The van der Waals surface area contributed by atoms with Crippen LogP contribution in [0.2, 0.25) is 0 Å². The number of amidine groups is 1. The van der Waals surface area contributed by atoms with Crippen molar-refractivity contribution in [3.63, 3.8) is 0 Å². The highest BCUT2D eigenvalue weighted by atomic mass is 35.5. The van der Waals surface area contributed by atoms with Gasteiger partial charge in [0.05, 0.1) is 17.9 Å². The lowest BCUT2D eigenvalue weighted by Gasteiger charge is -2.27. The van der Waals surface area contributed by atoms with Crippen LogP contribution in [0.4, 0.5) is 15.8 Å². The fourth-order valence-corrected chi connectivity index (χ4v) is 5.55. The van der Waals surface area contributed by atoms with Crippen molar-refractivity contribution in [2.75, 3.05) is 41.1 Å². The quantitative estimate of drug-likeness (QED) is 0.235. The van der Waals surface area contributed by atoms with E-state index in [1.807, 2.05) is 4.90 Å². The molecule has 3 aromatic rings. The molecular formula is C25H30Cl2FN5O4S. The summed E-state index contributed by atoms with van der Waals surface area (Å²) >= 11 is 0.